The molecule has 0 aliphatic rings. The molecule has 0 spiro atoms. The van der Waals surface area contributed by atoms with Crippen molar-refractivity contribution in [1.82, 2.24) is 0 Å². The summed E-state index contributed by atoms with van der Waals surface area (Å²) in [6, 6.07) is 19.6. The van der Waals surface area contributed by atoms with Crippen LogP contribution in [0.2, 0.25) is 0 Å². The standard InChI is InChI=1S/C20H24/c1-2-3-9-19-14-16-20(17-15-19)13-8-7-12-18-10-5-4-6-11-18/h4-7,10-12,14-17H,2-3,8-9,13H2,1H3/b12-7+. The number of hydrogen-bond donors (Lipinski definition) is 0. The maximum atomic E-state index is 2.28. The molecule has 0 aromatic heterocycles. The van der Waals surface area contributed by atoms with E-state index >= 15 is 0 Å². The molecule has 0 saturated heterocycles. The van der Waals surface area contributed by atoms with Crippen molar-refractivity contribution >= 4 is 6.08 Å². The molecule has 0 nitrogen and oxygen atoms in total. The van der Waals surface area contributed by atoms with Gasteiger partial charge in [0.2, 0.25) is 0 Å². The lowest BCUT2D eigenvalue weighted by Gasteiger charge is -2.02. The second kappa shape index (κ2) is 8.37. The van der Waals surface area contributed by atoms with E-state index in [2.05, 4.69) is 73.7 Å². The number of unbranched alkanes of at least 4 members (excludes halogenated alkanes) is 1. The molecule has 0 heteroatoms. The molecule has 2 rings (SSSR count). The molecule has 0 atom stereocenters. The Bertz CT molecular complexity index is 505. The second-order valence-corrected chi connectivity index (χ2v) is 5.27. The Morgan fingerprint density at radius 1 is 0.800 bits per heavy atom. The summed E-state index contributed by atoms with van der Waals surface area (Å²) >= 11 is 0. The molecule has 20 heavy (non-hydrogen) atoms. The molecule has 0 aliphatic carbocycles. The molecular weight excluding hydrogens is 240 g/mol. The fourth-order valence-corrected chi connectivity index (χ4v) is 2.29. The van der Waals surface area contributed by atoms with Gasteiger partial charge >= 0.3 is 0 Å². The number of rotatable bonds is 7. The first-order valence-electron chi connectivity index (χ1n) is 7.68. The fraction of sp³-hybridized carbons (Fsp3) is 0.300. The van der Waals surface area contributed by atoms with Crippen molar-refractivity contribution in [3.63, 3.8) is 0 Å². The summed E-state index contributed by atoms with van der Waals surface area (Å²) in [4.78, 5) is 0. The topological polar surface area (TPSA) is 0 Å². The van der Waals surface area contributed by atoms with Crippen LogP contribution < -0.4 is 0 Å². The summed E-state index contributed by atoms with van der Waals surface area (Å²) in [5, 5.41) is 0. The number of hydrogen-bond acceptors (Lipinski definition) is 0. The molecule has 0 unspecified atom stereocenters. The number of aryl methyl sites for hydroxylation is 2. The Labute approximate surface area is 123 Å². The minimum atomic E-state index is 1.10. The molecule has 2 aromatic rings. The van der Waals surface area contributed by atoms with Gasteiger partial charge in [0.1, 0.15) is 0 Å². The Morgan fingerprint density at radius 3 is 2.10 bits per heavy atom. The van der Waals surface area contributed by atoms with Crippen LogP contribution in [0.4, 0.5) is 0 Å². The molecule has 0 bridgehead atoms. The largest absolute Gasteiger partial charge is 0.0836 e. The van der Waals surface area contributed by atoms with Gasteiger partial charge in [0.15, 0.2) is 0 Å². The summed E-state index contributed by atoms with van der Waals surface area (Å²) in [6.07, 6.45) is 10.5. The number of benzene rings is 2. The lowest BCUT2D eigenvalue weighted by molar-refractivity contribution is 0.794. The van der Waals surface area contributed by atoms with Crippen LogP contribution in [0.3, 0.4) is 0 Å². The minimum absolute atomic E-state index is 1.10. The van der Waals surface area contributed by atoms with Gasteiger partial charge in [-0.05, 0) is 42.4 Å². The molecule has 0 radical (unpaired) electrons. The van der Waals surface area contributed by atoms with Crippen LogP contribution in [0.25, 0.3) is 6.08 Å². The summed E-state index contributed by atoms with van der Waals surface area (Å²) in [7, 11) is 0. The van der Waals surface area contributed by atoms with Gasteiger partial charge in [-0.1, -0.05) is 80.1 Å². The SMILES string of the molecule is CCCCc1ccc(CC/C=C/c2ccccc2)cc1. The Morgan fingerprint density at radius 2 is 1.45 bits per heavy atom. The molecule has 2 aromatic carbocycles. The van der Waals surface area contributed by atoms with E-state index in [1.807, 2.05) is 0 Å². The lowest BCUT2D eigenvalue weighted by Crippen LogP contribution is -1.87. The van der Waals surface area contributed by atoms with Crippen molar-refractivity contribution < 1.29 is 0 Å². The summed E-state index contributed by atoms with van der Waals surface area (Å²) in [6.45, 7) is 2.24. The predicted molar refractivity (Wildman–Crippen MR) is 88.9 cm³/mol. The van der Waals surface area contributed by atoms with E-state index in [0.29, 0.717) is 0 Å². The van der Waals surface area contributed by atoms with E-state index in [1.54, 1.807) is 0 Å². The quantitative estimate of drug-likeness (QED) is 0.604. The molecule has 0 fully saturated rings. The monoisotopic (exact) mass is 264 g/mol. The molecule has 104 valence electrons. The zero-order valence-electron chi connectivity index (χ0n) is 12.4. The van der Waals surface area contributed by atoms with E-state index in [9.17, 15) is 0 Å². The second-order valence-electron chi connectivity index (χ2n) is 5.27. The average Bonchev–Trinajstić information content (AvgIpc) is 2.52. The van der Waals surface area contributed by atoms with Crippen molar-refractivity contribution in [2.75, 3.05) is 0 Å². The summed E-state index contributed by atoms with van der Waals surface area (Å²) in [5.41, 5.74) is 4.18. The van der Waals surface area contributed by atoms with Gasteiger partial charge in [-0.25, -0.2) is 0 Å². The van der Waals surface area contributed by atoms with E-state index in [-0.39, 0.29) is 0 Å². The van der Waals surface area contributed by atoms with Crippen LogP contribution >= 0.6 is 0 Å². The van der Waals surface area contributed by atoms with Crippen molar-refractivity contribution in [2.24, 2.45) is 0 Å². The molecular formula is C20H24. The highest BCUT2D eigenvalue weighted by Gasteiger charge is 1.94. The molecule has 0 saturated carbocycles. The van der Waals surface area contributed by atoms with E-state index in [1.165, 1.54) is 36.0 Å². The molecule has 0 heterocycles. The van der Waals surface area contributed by atoms with Crippen LogP contribution in [0.5, 0.6) is 0 Å². The smallest absolute Gasteiger partial charge is 0.0244 e. The van der Waals surface area contributed by atoms with Gasteiger partial charge in [0.05, 0.1) is 0 Å². The van der Waals surface area contributed by atoms with Gasteiger partial charge < -0.3 is 0 Å². The van der Waals surface area contributed by atoms with Gasteiger partial charge in [-0.2, -0.15) is 0 Å². The third kappa shape index (κ3) is 5.05. The van der Waals surface area contributed by atoms with Crippen molar-refractivity contribution in [3.8, 4) is 0 Å². The Kier molecular flexibility index (Phi) is 6.10. The van der Waals surface area contributed by atoms with Gasteiger partial charge in [-0.3, -0.25) is 0 Å². The first-order valence-corrected chi connectivity index (χ1v) is 7.68. The zero-order chi connectivity index (χ0) is 14.0. The highest BCUT2D eigenvalue weighted by atomic mass is 14.0. The fourth-order valence-electron chi connectivity index (χ4n) is 2.29. The first-order chi connectivity index (χ1) is 9.88. The zero-order valence-corrected chi connectivity index (χ0v) is 12.4. The predicted octanol–water partition coefficient (Wildman–Crippen LogP) is 5.68. The van der Waals surface area contributed by atoms with Crippen LogP contribution in [-0.2, 0) is 12.8 Å². The minimum Gasteiger partial charge on any atom is -0.0836 e. The van der Waals surface area contributed by atoms with Crippen molar-refractivity contribution in [1.29, 1.82) is 0 Å². The normalized spacial score (nSPS) is 11.1. The molecule has 0 N–H and O–H groups in total. The van der Waals surface area contributed by atoms with E-state index in [4.69, 9.17) is 0 Å². The third-order valence-electron chi connectivity index (χ3n) is 3.55. The van der Waals surface area contributed by atoms with Crippen LogP contribution in [-0.4, -0.2) is 0 Å². The van der Waals surface area contributed by atoms with E-state index < -0.39 is 0 Å². The van der Waals surface area contributed by atoms with E-state index in [0.717, 1.165) is 12.8 Å². The Balaban J connectivity index is 1.78. The maximum absolute atomic E-state index is 2.28. The van der Waals surface area contributed by atoms with Crippen LogP contribution in [0, 0.1) is 0 Å². The third-order valence-corrected chi connectivity index (χ3v) is 3.55. The maximum Gasteiger partial charge on any atom is -0.0244 e. The van der Waals surface area contributed by atoms with Crippen LogP contribution in [0.15, 0.2) is 60.7 Å². The van der Waals surface area contributed by atoms with Gasteiger partial charge in [0, 0.05) is 0 Å². The van der Waals surface area contributed by atoms with Gasteiger partial charge in [0.25, 0.3) is 0 Å². The van der Waals surface area contributed by atoms with Gasteiger partial charge in [-0.15, -0.1) is 0 Å². The van der Waals surface area contributed by atoms with Crippen molar-refractivity contribution in [3.05, 3.63) is 77.4 Å². The summed E-state index contributed by atoms with van der Waals surface area (Å²) < 4.78 is 0. The first kappa shape index (κ1) is 14.6. The highest BCUT2D eigenvalue weighted by molar-refractivity contribution is 5.48. The Hall–Kier alpha value is -1.82. The average molecular weight is 264 g/mol. The highest BCUT2D eigenvalue weighted by Crippen LogP contribution is 2.10. The number of allylic oxidation sites excluding steroid dienone is 1. The molecule has 0 aliphatic heterocycles. The van der Waals surface area contributed by atoms with Crippen LogP contribution in [0.1, 0.15) is 42.9 Å². The molecule has 0 amide bonds. The van der Waals surface area contributed by atoms with Crippen molar-refractivity contribution in [2.45, 2.75) is 39.0 Å². The summed E-state index contributed by atoms with van der Waals surface area (Å²) in [5.74, 6) is 0. The lowest BCUT2D eigenvalue weighted by atomic mass is 10.0.